The Labute approximate surface area is 151 Å². The summed E-state index contributed by atoms with van der Waals surface area (Å²) < 4.78 is 27.6. The molecule has 1 aliphatic carbocycles. The molecule has 0 atom stereocenters. The van der Waals surface area contributed by atoms with E-state index in [1.165, 1.54) is 0 Å². The first-order valence-electron chi connectivity index (χ1n) is 9.27. The Hall–Kier alpha value is -1.40. The SMILES string of the molecule is CCCCN(C)C(=O)CCc1ccc(S(=O)(=O)NC2CCCC2)cc1. The fourth-order valence-electron chi connectivity index (χ4n) is 3.13. The second-order valence-electron chi connectivity index (χ2n) is 6.92. The first kappa shape index (κ1) is 19.9. The summed E-state index contributed by atoms with van der Waals surface area (Å²) in [6.07, 6.45) is 7.19. The molecule has 25 heavy (non-hydrogen) atoms. The van der Waals surface area contributed by atoms with E-state index in [0.717, 1.165) is 50.6 Å². The summed E-state index contributed by atoms with van der Waals surface area (Å²) in [5.74, 6) is 0.132. The minimum Gasteiger partial charge on any atom is -0.346 e. The summed E-state index contributed by atoms with van der Waals surface area (Å²) >= 11 is 0. The molecule has 0 radical (unpaired) electrons. The Kier molecular flexibility index (Phi) is 7.44. The van der Waals surface area contributed by atoms with Gasteiger partial charge in [-0.05, 0) is 43.4 Å². The zero-order valence-corrected chi connectivity index (χ0v) is 16.1. The van der Waals surface area contributed by atoms with Crippen molar-refractivity contribution in [1.29, 1.82) is 0 Å². The lowest BCUT2D eigenvalue weighted by atomic mass is 10.1. The number of nitrogens with zero attached hydrogens (tertiary/aromatic N) is 1. The monoisotopic (exact) mass is 366 g/mol. The van der Waals surface area contributed by atoms with Crippen LogP contribution in [0.3, 0.4) is 0 Å². The highest BCUT2D eigenvalue weighted by molar-refractivity contribution is 7.89. The molecule has 0 saturated heterocycles. The molecule has 0 aliphatic heterocycles. The Morgan fingerprint density at radius 2 is 1.84 bits per heavy atom. The Morgan fingerprint density at radius 1 is 1.20 bits per heavy atom. The van der Waals surface area contributed by atoms with Gasteiger partial charge in [0.1, 0.15) is 0 Å². The van der Waals surface area contributed by atoms with Crippen molar-refractivity contribution in [3.63, 3.8) is 0 Å². The van der Waals surface area contributed by atoms with Crippen LogP contribution in [-0.2, 0) is 21.2 Å². The zero-order chi connectivity index (χ0) is 18.3. The average molecular weight is 367 g/mol. The maximum absolute atomic E-state index is 12.4. The number of hydrogen-bond donors (Lipinski definition) is 1. The molecule has 6 heteroatoms. The van der Waals surface area contributed by atoms with E-state index in [2.05, 4.69) is 11.6 Å². The molecule has 0 heterocycles. The van der Waals surface area contributed by atoms with Crippen molar-refractivity contribution in [3.8, 4) is 0 Å². The van der Waals surface area contributed by atoms with E-state index in [-0.39, 0.29) is 11.9 Å². The minimum atomic E-state index is -3.44. The smallest absolute Gasteiger partial charge is 0.240 e. The molecule has 5 nitrogen and oxygen atoms in total. The van der Waals surface area contributed by atoms with Crippen LogP contribution in [-0.4, -0.2) is 38.9 Å². The van der Waals surface area contributed by atoms with Crippen molar-refractivity contribution >= 4 is 15.9 Å². The number of carbonyl (C=O) groups is 1. The molecule has 1 fully saturated rings. The molecule has 2 rings (SSSR count). The van der Waals surface area contributed by atoms with Gasteiger partial charge >= 0.3 is 0 Å². The summed E-state index contributed by atoms with van der Waals surface area (Å²) in [6.45, 7) is 2.90. The van der Waals surface area contributed by atoms with Gasteiger partial charge in [-0.3, -0.25) is 4.79 Å². The molecule has 0 bridgehead atoms. The van der Waals surface area contributed by atoms with Crippen LogP contribution in [0.5, 0.6) is 0 Å². The lowest BCUT2D eigenvalue weighted by Gasteiger charge is -2.16. The summed E-state index contributed by atoms with van der Waals surface area (Å²) in [6, 6.07) is 6.96. The molecule has 1 N–H and O–H groups in total. The number of unbranched alkanes of at least 4 members (excludes halogenated alkanes) is 1. The van der Waals surface area contributed by atoms with Crippen LogP contribution in [0.25, 0.3) is 0 Å². The fraction of sp³-hybridized carbons (Fsp3) is 0.632. The molecule has 1 aliphatic rings. The predicted octanol–water partition coefficient (Wildman–Crippen LogP) is 3.10. The van der Waals surface area contributed by atoms with Gasteiger partial charge in [-0.25, -0.2) is 13.1 Å². The first-order chi connectivity index (χ1) is 11.9. The topological polar surface area (TPSA) is 66.5 Å². The molecular weight excluding hydrogens is 336 g/mol. The minimum absolute atomic E-state index is 0.0703. The van der Waals surface area contributed by atoms with Gasteiger partial charge in [-0.1, -0.05) is 38.3 Å². The highest BCUT2D eigenvalue weighted by atomic mass is 32.2. The highest BCUT2D eigenvalue weighted by Gasteiger charge is 2.22. The number of rotatable bonds is 9. The normalized spacial score (nSPS) is 15.4. The third-order valence-corrected chi connectivity index (χ3v) is 6.35. The number of hydrogen-bond acceptors (Lipinski definition) is 3. The van der Waals surface area contributed by atoms with E-state index in [0.29, 0.717) is 17.7 Å². The van der Waals surface area contributed by atoms with E-state index in [1.54, 1.807) is 17.0 Å². The Morgan fingerprint density at radius 3 is 2.44 bits per heavy atom. The van der Waals surface area contributed by atoms with Crippen molar-refractivity contribution in [2.24, 2.45) is 0 Å². The number of nitrogens with one attached hydrogen (secondary N) is 1. The van der Waals surface area contributed by atoms with Gasteiger partial charge < -0.3 is 4.90 Å². The molecule has 0 spiro atoms. The second kappa shape index (κ2) is 9.34. The van der Waals surface area contributed by atoms with E-state index in [9.17, 15) is 13.2 Å². The zero-order valence-electron chi connectivity index (χ0n) is 15.3. The van der Waals surface area contributed by atoms with Gasteiger partial charge in [0.25, 0.3) is 0 Å². The summed E-state index contributed by atoms with van der Waals surface area (Å²) in [5.41, 5.74) is 0.983. The number of amides is 1. The fourth-order valence-corrected chi connectivity index (χ4v) is 4.43. The Balaban J connectivity index is 1.87. The largest absolute Gasteiger partial charge is 0.346 e. The Bertz CT molecular complexity index is 650. The summed E-state index contributed by atoms with van der Waals surface area (Å²) in [7, 11) is -1.60. The summed E-state index contributed by atoms with van der Waals surface area (Å²) in [4.78, 5) is 14.1. The van der Waals surface area contributed by atoms with Crippen LogP contribution in [0.15, 0.2) is 29.2 Å². The van der Waals surface area contributed by atoms with Crippen molar-refractivity contribution in [3.05, 3.63) is 29.8 Å². The number of carbonyl (C=O) groups excluding carboxylic acids is 1. The van der Waals surface area contributed by atoms with E-state index < -0.39 is 10.0 Å². The van der Waals surface area contributed by atoms with Crippen molar-refractivity contribution < 1.29 is 13.2 Å². The molecule has 1 amide bonds. The molecule has 0 aromatic heterocycles. The van der Waals surface area contributed by atoms with Crippen LogP contribution >= 0.6 is 0 Å². The first-order valence-corrected chi connectivity index (χ1v) is 10.8. The molecule has 1 saturated carbocycles. The van der Waals surface area contributed by atoms with Gasteiger partial charge in [0.2, 0.25) is 15.9 Å². The standard InChI is InChI=1S/C19H30N2O3S/c1-3-4-15-21(2)19(22)14-11-16-9-12-18(13-10-16)25(23,24)20-17-7-5-6-8-17/h9-10,12-13,17,20H,3-8,11,14-15H2,1-2H3. The number of benzene rings is 1. The van der Waals surface area contributed by atoms with E-state index in [1.807, 2.05) is 19.2 Å². The molecule has 1 aromatic carbocycles. The predicted molar refractivity (Wildman–Crippen MR) is 99.9 cm³/mol. The van der Waals surface area contributed by atoms with Gasteiger partial charge in [-0.15, -0.1) is 0 Å². The third kappa shape index (κ3) is 6.12. The maximum atomic E-state index is 12.4. The lowest BCUT2D eigenvalue weighted by molar-refractivity contribution is -0.129. The molecule has 1 aromatic rings. The molecule has 140 valence electrons. The van der Waals surface area contributed by atoms with Crippen LogP contribution in [0.4, 0.5) is 0 Å². The molecule has 0 unspecified atom stereocenters. The highest BCUT2D eigenvalue weighted by Crippen LogP contribution is 2.20. The van der Waals surface area contributed by atoms with Gasteiger partial charge in [0, 0.05) is 26.1 Å². The maximum Gasteiger partial charge on any atom is 0.240 e. The quantitative estimate of drug-likeness (QED) is 0.730. The second-order valence-corrected chi connectivity index (χ2v) is 8.63. The van der Waals surface area contributed by atoms with Crippen molar-refractivity contribution in [2.45, 2.75) is 69.2 Å². The third-order valence-electron chi connectivity index (χ3n) is 4.81. The average Bonchev–Trinajstić information content (AvgIpc) is 3.10. The van der Waals surface area contributed by atoms with Crippen LogP contribution in [0.1, 0.15) is 57.4 Å². The number of sulfonamides is 1. The molecular formula is C19H30N2O3S. The van der Waals surface area contributed by atoms with E-state index in [4.69, 9.17) is 0 Å². The van der Waals surface area contributed by atoms with Gasteiger partial charge in [0.15, 0.2) is 0 Å². The van der Waals surface area contributed by atoms with Gasteiger partial charge in [0.05, 0.1) is 4.90 Å². The van der Waals surface area contributed by atoms with Crippen LogP contribution in [0.2, 0.25) is 0 Å². The lowest BCUT2D eigenvalue weighted by Crippen LogP contribution is -2.32. The van der Waals surface area contributed by atoms with E-state index >= 15 is 0 Å². The van der Waals surface area contributed by atoms with Crippen LogP contribution in [0, 0.1) is 0 Å². The van der Waals surface area contributed by atoms with Crippen molar-refractivity contribution in [1.82, 2.24) is 9.62 Å². The summed E-state index contributed by atoms with van der Waals surface area (Å²) in [5, 5.41) is 0. The van der Waals surface area contributed by atoms with Crippen LogP contribution < -0.4 is 4.72 Å². The van der Waals surface area contributed by atoms with Gasteiger partial charge in [-0.2, -0.15) is 0 Å². The van der Waals surface area contributed by atoms with Crippen molar-refractivity contribution in [2.75, 3.05) is 13.6 Å². The number of aryl methyl sites for hydroxylation is 1.